The van der Waals surface area contributed by atoms with E-state index < -0.39 is 5.41 Å². The molecule has 1 aliphatic carbocycles. The van der Waals surface area contributed by atoms with Gasteiger partial charge in [0.1, 0.15) is 5.41 Å². The normalized spacial score (nSPS) is 24.0. The van der Waals surface area contributed by atoms with E-state index in [0.29, 0.717) is 31.0 Å². The minimum Gasteiger partial charge on any atom is -0.288 e. The topological polar surface area (TPSA) is 40.6 Å². The third kappa shape index (κ3) is 1.22. The van der Waals surface area contributed by atoms with Crippen molar-refractivity contribution in [3.63, 3.8) is 0 Å². The van der Waals surface area contributed by atoms with Gasteiger partial charge in [-0.15, -0.1) is 0 Å². The van der Waals surface area contributed by atoms with Gasteiger partial charge in [-0.3, -0.25) is 19.4 Å². The SMILES string of the molecule is CCN1C(=O)C2(CC2)C(=O)N(CC)C1=S. The van der Waals surface area contributed by atoms with Crippen molar-refractivity contribution in [2.75, 3.05) is 13.1 Å². The molecule has 1 aliphatic heterocycles. The number of carbonyl (C=O) groups is 2. The Labute approximate surface area is 94.2 Å². The Kier molecular flexibility index (Phi) is 2.30. The largest absolute Gasteiger partial charge is 0.288 e. The Hall–Kier alpha value is -0.970. The maximum absolute atomic E-state index is 12.0. The van der Waals surface area contributed by atoms with Gasteiger partial charge in [0.25, 0.3) is 0 Å². The first-order valence-electron chi connectivity index (χ1n) is 5.26. The zero-order valence-electron chi connectivity index (χ0n) is 8.95. The molecule has 0 bridgehead atoms. The summed E-state index contributed by atoms with van der Waals surface area (Å²) >= 11 is 5.14. The smallest absolute Gasteiger partial charge is 0.244 e. The van der Waals surface area contributed by atoms with Crippen LogP contribution in [0.4, 0.5) is 0 Å². The van der Waals surface area contributed by atoms with E-state index in [0.717, 1.165) is 0 Å². The van der Waals surface area contributed by atoms with Gasteiger partial charge >= 0.3 is 0 Å². The van der Waals surface area contributed by atoms with E-state index >= 15 is 0 Å². The molecule has 0 aromatic carbocycles. The monoisotopic (exact) mass is 226 g/mol. The number of thiocarbonyl (C=S) groups is 1. The maximum atomic E-state index is 12.0. The van der Waals surface area contributed by atoms with Crippen molar-refractivity contribution in [2.24, 2.45) is 5.41 Å². The molecule has 15 heavy (non-hydrogen) atoms. The van der Waals surface area contributed by atoms with Crippen LogP contribution >= 0.6 is 12.2 Å². The van der Waals surface area contributed by atoms with Crippen LogP contribution in [0.5, 0.6) is 0 Å². The molecule has 1 spiro atoms. The molecule has 1 heterocycles. The van der Waals surface area contributed by atoms with Crippen LogP contribution in [-0.2, 0) is 9.59 Å². The van der Waals surface area contributed by atoms with E-state index in [-0.39, 0.29) is 11.8 Å². The van der Waals surface area contributed by atoms with Crippen LogP contribution in [0.1, 0.15) is 26.7 Å². The average molecular weight is 226 g/mol. The molecule has 4 nitrogen and oxygen atoms in total. The number of hydrogen-bond acceptors (Lipinski definition) is 3. The van der Waals surface area contributed by atoms with E-state index in [2.05, 4.69) is 0 Å². The van der Waals surface area contributed by atoms with Crippen molar-refractivity contribution in [3.05, 3.63) is 0 Å². The lowest BCUT2D eigenvalue weighted by molar-refractivity contribution is -0.149. The average Bonchev–Trinajstić information content (AvgIpc) is 2.98. The van der Waals surface area contributed by atoms with Crippen LogP contribution in [0.2, 0.25) is 0 Å². The molecule has 1 saturated carbocycles. The van der Waals surface area contributed by atoms with Gasteiger partial charge in [-0.25, -0.2) is 0 Å². The quantitative estimate of drug-likeness (QED) is 0.515. The van der Waals surface area contributed by atoms with Gasteiger partial charge in [0.2, 0.25) is 11.8 Å². The minimum absolute atomic E-state index is 0.0929. The Morgan fingerprint density at radius 1 is 1.13 bits per heavy atom. The van der Waals surface area contributed by atoms with Crippen LogP contribution in [-0.4, -0.2) is 39.8 Å². The number of nitrogens with zero attached hydrogens (tertiary/aromatic N) is 2. The number of rotatable bonds is 2. The molecule has 2 rings (SSSR count). The van der Waals surface area contributed by atoms with Crippen molar-refractivity contribution in [1.82, 2.24) is 9.80 Å². The Bertz CT molecular complexity index is 321. The number of amides is 2. The summed E-state index contributed by atoms with van der Waals surface area (Å²) in [5.74, 6) is -0.186. The highest BCUT2D eigenvalue weighted by Crippen LogP contribution is 2.50. The summed E-state index contributed by atoms with van der Waals surface area (Å²) in [5, 5.41) is 0.368. The van der Waals surface area contributed by atoms with Gasteiger partial charge < -0.3 is 0 Å². The predicted molar refractivity (Wildman–Crippen MR) is 59.0 cm³/mol. The summed E-state index contributed by atoms with van der Waals surface area (Å²) < 4.78 is 0. The van der Waals surface area contributed by atoms with E-state index in [4.69, 9.17) is 12.2 Å². The molecule has 0 aromatic heterocycles. The molecule has 0 N–H and O–H groups in total. The van der Waals surface area contributed by atoms with Crippen LogP contribution in [0.3, 0.4) is 0 Å². The first kappa shape index (κ1) is 10.5. The van der Waals surface area contributed by atoms with Gasteiger partial charge in [0.05, 0.1) is 0 Å². The molecule has 1 saturated heterocycles. The fourth-order valence-electron chi connectivity index (χ4n) is 2.04. The highest BCUT2D eigenvalue weighted by atomic mass is 32.1. The molecule has 2 fully saturated rings. The van der Waals surface area contributed by atoms with Gasteiger partial charge in [-0.2, -0.15) is 0 Å². The lowest BCUT2D eigenvalue weighted by atomic mass is 10.0. The zero-order valence-corrected chi connectivity index (χ0v) is 9.76. The van der Waals surface area contributed by atoms with E-state index in [9.17, 15) is 9.59 Å². The second kappa shape index (κ2) is 3.27. The molecular formula is C10H14N2O2S. The lowest BCUT2D eigenvalue weighted by Crippen LogP contribution is -2.60. The summed E-state index contributed by atoms with van der Waals surface area (Å²) in [7, 11) is 0. The highest BCUT2D eigenvalue weighted by molar-refractivity contribution is 7.80. The van der Waals surface area contributed by atoms with Crippen molar-refractivity contribution >= 4 is 29.1 Å². The molecule has 0 radical (unpaired) electrons. The van der Waals surface area contributed by atoms with Crippen LogP contribution in [0, 0.1) is 5.41 Å². The highest BCUT2D eigenvalue weighted by Gasteiger charge is 2.63. The van der Waals surface area contributed by atoms with Crippen LogP contribution in [0.15, 0.2) is 0 Å². The van der Waals surface area contributed by atoms with E-state index in [1.165, 1.54) is 0 Å². The second-order valence-electron chi connectivity index (χ2n) is 3.96. The molecule has 0 aromatic rings. The van der Waals surface area contributed by atoms with Crippen molar-refractivity contribution in [2.45, 2.75) is 26.7 Å². The number of hydrogen-bond donors (Lipinski definition) is 0. The van der Waals surface area contributed by atoms with Crippen molar-refractivity contribution < 1.29 is 9.59 Å². The summed E-state index contributed by atoms with van der Waals surface area (Å²) in [6.07, 6.45) is 1.36. The lowest BCUT2D eigenvalue weighted by Gasteiger charge is -2.38. The van der Waals surface area contributed by atoms with Crippen molar-refractivity contribution in [3.8, 4) is 0 Å². The molecule has 2 amide bonds. The predicted octanol–water partition coefficient (Wildman–Crippen LogP) is 0.762. The molecule has 2 aliphatic rings. The van der Waals surface area contributed by atoms with Gasteiger partial charge in [-0.05, 0) is 38.9 Å². The standard InChI is InChI=1S/C10H14N2O2S/c1-3-11-7(13)10(5-6-10)8(14)12(4-2)9(11)15/h3-6H2,1-2H3. The second-order valence-corrected chi connectivity index (χ2v) is 4.33. The first-order valence-corrected chi connectivity index (χ1v) is 5.67. The fourth-order valence-corrected chi connectivity index (χ4v) is 2.46. The van der Waals surface area contributed by atoms with Crippen LogP contribution in [0.25, 0.3) is 0 Å². The Morgan fingerprint density at radius 2 is 1.53 bits per heavy atom. The fraction of sp³-hybridized carbons (Fsp3) is 0.700. The van der Waals surface area contributed by atoms with Gasteiger partial charge in [0.15, 0.2) is 5.11 Å². The summed E-state index contributed by atoms with van der Waals surface area (Å²) in [6, 6.07) is 0. The third-order valence-corrected chi connectivity index (χ3v) is 3.59. The summed E-state index contributed by atoms with van der Waals surface area (Å²) in [5.41, 5.74) is -0.742. The van der Waals surface area contributed by atoms with Gasteiger partial charge in [0, 0.05) is 13.1 Å². The van der Waals surface area contributed by atoms with Gasteiger partial charge in [-0.1, -0.05) is 0 Å². The Balaban J connectivity index is 2.37. The van der Waals surface area contributed by atoms with Crippen molar-refractivity contribution in [1.29, 1.82) is 0 Å². The van der Waals surface area contributed by atoms with E-state index in [1.54, 1.807) is 9.80 Å². The molecular weight excluding hydrogens is 212 g/mol. The summed E-state index contributed by atoms with van der Waals surface area (Å²) in [4.78, 5) is 27.1. The summed E-state index contributed by atoms with van der Waals surface area (Å²) in [6.45, 7) is 4.85. The first-order chi connectivity index (χ1) is 7.08. The minimum atomic E-state index is -0.742. The molecule has 5 heteroatoms. The van der Waals surface area contributed by atoms with E-state index in [1.807, 2.05) is 13.8 Å². The third-order valence-electron chi connectivity index (χ3n) is 3.15. The Morgan fingerprint density at radius 3 is 1.80 bits per heavy atom. The molecule has 0 atom stereocenters. The molecule has 82 valence electrons. The maximum Gasteiger partial charge on any atom is 0.244 e. The molecule has 0 unspecified atom stereocenters. The van der Waals surface area contributed by atoms with Crippen LogP contribution < -0.4 is 0 Å². The zero-order chi connectivity index (χ0) is 11.2. The number of carbonyl (C=O) groups excluding carboxylic acids is 2.